The lowest BCUT2D eigenvalue weighted by Gasteiger charge is -2.21. The number of hydrogen-bond donors (Lipinski definition) is 0. The predicted octanol–water partition coefficient (Wildman–Crippen LogP) is -1.36. The minimum absolute atomic E-state index is 0.0171. The zero-order chi connectivity index (χ0) is 8.27. The molecule has 1 aliphatic heterocycles. The maximum atomic E-state index is 10.8. The number of ketones is 2. The first-order valence-electron chi connectivity index (χ1n) is 3.28. The van der Waals surface area contributed by atoms with Gasteiger partial charge >= 0.3 is 0 Å². The van der Waals surface area contributed by atoms with Crippen LogP contribution in [-0.4, -0.2) is 43.1 Å². The first-order valence-corrected chi connectivity index (χ1v) is 3.28. The van der Waals surface area contributed by atoms with Gasteiger partial charge in [-0.05, 0) is 0 Å². The number of carbonyl (C=O) groups excluding carboxylic acids is 3. The van der Waals surface area contributed by atoms with E-state index in [1.54, 1.807) is 0 Å². The fraction of sp³-hybridized carbons (Fsp3) is 0.500. The molecule has 0 spiro atoms. The maximum absolute atomic E-state index is 10.8. The SMILES string of the molecule is O=C[B]N1CC(=O)CC(=O)C1. The van der Waals surface area contributed by atoms with Gasteiger partial charge in [-0.3, -0.25) is 9.59 Å². The van der Waals surface area contributed by atoms with Crippen LogP contribution in [0.3, 0.4) is 0 Å². The van der Waals surface area contributed by atoms with Gasteiger partial charge in [0.2, 0.25) is 0 Å². The van der Waals surface area contributed by atoms with Gasteiger partial charge in [-0.2, -0.15) is 0 Å². The summed E-state index contributed by atoms with van der Waals surface area (Å²) in [4.78, 5) is 32.9. The van der Waals surface area contributed by atoms with Crippen molar-refractivity contribution >= 4 is 25.2 Å². The van der Waals surface area contributed by atoms with E-state index < -0.39 is 0 Å². The Morgan fingerprint density at radius 1 is 1.27 bits per heavy atom. The Balaban J connectivity index is 2.49. The number of rotatable bonds is 2. The average molecular weight is 152 g/mol. The summed E-state index contributed by atoms with van der Waals surface area (Å²) in [5.74, 6) is -0.251. The van der Waals surface area contributed by atoms with Crippen molar-refractivity contribution in [2.24, 2.45) is 0 Å². The van der Waals surface area contributed by atoms with Crippen LogP contribution in [0.2, 0.25) is 0 Å². The van der Waals surface area contributed by atoms with Gasteiger partial charge in [0.25, 0.3) is 7.41 Å². The zero-order valence-corrected chi connectivity index (χ0v) is 5.95. The third-order valence-electron chi connectivity index (χ3n) is 1.42. The van der Waals surface area contributed by atoms with Gasteiger partial charge in [-0.1, -0.05) is 0 Å². The summed E-state index contributed by atoms with van der Waals surface area (Å²) in [5, 5.41) is 0. The van der Waals surface area contributed by atoms with E-state index in [0.717, 1.165) is 0 Å². The standard InChI is InChI=1S/C6H7BNO3/c9-4-7-8-2-5(10)1-6(11)3-8/h4H,1-3H2. The zero-order valence-electron chi connectivity index (χ0n) is 5.95. The van der Waals surface area contributed by atoms with Gasteiger partial charge in [-0.25, -0.2) is 0 Å². The summed E-state index contributed by atoms with van der Waals surface area (Å²) >= 11 is 0. The molecule has 1 heterocycles. The Bertz CT molecular complexity index is 188. The molecular weight excluding hydrogens is 145 g/mol. The highest BCUT2D eigenvalue weighted by Gasteiger charge is 2.22. The fourth-order valence-electron chi connectivity index (χ4n) is 1.03. The molecule has 5 heteroatoms. The van der Waals surface area contributed by atoms with E-state index in [9.17, 15) is 14.4 Å². The molecule has 0 bridgehead atoms. The molecule has 1 radical (unpaired) electrons. The molecular formula is C6H7BNO3. The molecule has 57 valence electrons. The molecule has 1 fully saturated rings. The molecule has 0 saturated carbocycles. The van der Waals surface area contributed by atoms with Crippen molar-refractivity contribution in [1.82, 2.24) is 4.81 Å². The van der Waals surface area contributed by atoms with Gasteiger partial charge in [0.1, 0.15) is 0 Å². The average Bonchev–Trinajstić information content (AvgIpc) is 1.85. The predicted molar refractivity (Wildman–Crippen MR) is 38.7 cm³/mol. The molecule has 0 aromatic rings. The summed E-state index contributed by atoms with van der Waals surface area (Å²) in [7, 11) is 1.22. The molecule has 0 aromatic heterocycles. The van der Waals surface area contributed by atoms with Crippen molar-refractivity contribution < 1.29 is 14.4 Å². The third-order valence-corrected chi connectivity index (χ3v) is 1.42. The Labute approximate surface area is 64.8 Å². The van der Waals surface area contributed by atoms with Gasteiger partial charge < -0.3 is 9.61 Å². The lowest BCUT2D eigenvalue weighted by Crippen LogP contribution is -2.43. The van der Waals surface area contributed by atoms with Crippen LogP contribution in [0, 0.1) is 0 Å². The van der Waals surface area contributed by atoms with Crippen LogP contribution in [0.5, 0.6) is 0 Å². The lowest BCUT2D eigenvalue weighted by atomic mass is 9.90. The van der Waals surface area contributed by atoms with Gasteiger partial charge in [0.15, 0.2) is 11.6 Å². The third kappa shape index (κ3) is 2.27. The second-order valence-electron chi connectivity index (χ2n) is 2.44. The molecule has 0 unspecified atom stereocenters. The van der Waals surface area contributed by atoms with Crippen molar-refractivity contribution in [3.05, 3.63) is 0 Å². The quantitative estimate of drug-likeness (QED) is 0.278. The smallest absolute Gasteiger partial charge is 0.293 e. The minimum Gasteiger partial charge on any atom is -0.327 e. The Morgan fingerprint density at radius 2 is 1.82 bits per heavy atom. The van der Waals surface area contributed by atoms with Crippen LogP contribution in [0.15, 0.2) is 0 Å². The first kappa shape index (κ1) is 8.13. The monoisotopic (exact) mass is 152 g/mol. The summed E-state index contributed by atoms with van der Waals surface area (Å²) in [6, 6.07) is 0. The van der Waals surface area contributed by atoms with E-state index >= 15 is 0 Å². The molecule has 0 amide bonds. The molecule has 11 heavy (non-hydrogen) atoms. The normalized spacial score (nSPS) is 20.0. The van der Waals surface area contributed by atoms with E-state index in [0.29, 0.717) is 6.19 Å². The van der Waals surface area contributed by atoms with Crippen molar-refractivity contribution in [3.8, 4) is 0 Å². The van der Waals surface area contributed by atoms with E-state index in [-0.39, 0.29) is 31.1 Å². The Kier molecular flexibility index (Phi) is 2.54. The van der Waals surface area contributed by atoms with Crippen LogP contribution >= 0.6 is 0 Å². The van der Waals surface area contributed by atoms with Gasteiger partial charge in [-0.15, -0.1) is 0 Å². The molecule has 0 aromatic carbocycles. The summed E-state index contributed by atoms with van der Waals surface area (Å²) < 4.78 is 0. The molecule has 1 aliphatic rings. The molecule has 0 aliphatic carbocycles. The first-order chi connectivity index (χ1) is 5.22. The number of carbonyl (C=O) groups is 3. The lowest BCUT2D eigenvalue weighted by molar-refractivity contribution is -0.130. The highest BCUT2D eigenvalue weighted by Crippen LogP contribution is 1.99. The van der Waals surface area contributed by atoms with E-state index in [2.05, 4.69) is 0 Å². The van der Waals surface area contributed by atoms with Gasteiger partial charge in [0.05, 0.1) is 12.6 Å². The van der Waals surface area contributed by atoms with E-state index in [1.807, 2.05) is 0 Å². The largest absolute Gasteiger partial charge is 0.327 e. The molecule has 0 N–H and O–H groups in total. The molecule has 0 atom stereocenters. The van der Waals surface area contributed by atoms with Crippen molar-refractivity contribution in [2.75, 3.05) is 13.1 Å². The van der Waals surface area contributed by atoms with Crippen LogP contribution in [0.4, 0.5) is 0 Å². The van der Waals surface area contributed by atoms with Crippen LogP contribution < -0.4 is 0 Å². The maximum Gasteiger partial charge on any atom is 0.293 e. The number of Topliss-reactive ketones (excluding diaryl/α,β-unsaturated/α-hetero) is 2. The Morgan fingerprint density at radius 3 is 2.27 bits per heavy atom. The number of nitrogens with zero attached hydrogens (tertiary/aromatic N) is 1. The van der Waals surface area contributed by atoms with Crippen LogP contribution in [0.1, 0.15) is 6.42 Å². The topological polar surface area (TPSA) is 54.5 Å². The highest BCUT2D eigenvalue weighted by molar-refractivity contribution is 6.64. The molecule has 4 nitrogen and oxygen atoms in total. The number of piperidine rings is 1. The van der Waals surface area contributed by atoms with Crippen LogP contribution in [-0.2, 0) is 14.4 Å². The summed E-state index contributed by atoms with van der Waals surface area (Å²) in [6.45, 7) is 0.370. The number of hydrogen-bond acceptors (Lipinski definition) is 4. The van der Waals surface area contributed by atoms with Crippen molar-refractivity contribution in [1.29, 1.82) is 0 Å². The van der Waals surface area contributed by atoms with Gasteiger partial charge in [0, 0.05) is 13.1 Å². The van der Waals surface area contributed by atoms with E-state index in [4.69, 9.17) is 0 Å². The van der Waals surface area contributed by atoms with Crippen molar-refractivity contribution in [3.63, 3.8) is 0 Å². The van der Waals surface area contributed by atoms with E-state index in [1.165, 1.54) is 12.2 Å². The molecule has 1 saturated heterocycles. The Hall–Kier alpha value is -0.965. The minimum atomic E-state index is -0.126. The highest BCUT2D eigenvalue weighted by atomic mass is 16.2. The fourth-order valence-corrected chi connectivity index (χ4v) is 1.03. The van der Waals surface area contributed by atoms with Crippen LogP contribution in [0.25, 0.3) is 0 Å². The second kappa shape index (κ2) is 3.43. The second-order valence-corrected chi connectivity index (χ2v) is 2.44. The summed E-state index contributed by atoms with van der Waals surface area (Å²) in [5.41, 5.74) is 0. The summed E-state index contributed by atoms with van der Waals surface area (Å²) in [6.07, 6.45) is 0.592. The van der Waals surface area contributed by atoms with Crippen molar-refractivity contribution in [2.45, 2.75) is 6.42 Å². The molecule has 1 rings (SSSR count).